The van der Waals surface area contributed by atoms with Gasteiger partial charge in [-0.3, -0.25) is 4.99 Å². The lowest BCUT2D eigenvalue weighted by Crippen LogP contribution is -2.36. The highest BCUT2D eigenvalue weighted by atomic mass is 16.5. The molecule has 1 aliphatic rings. The number of pyridine rings is 1. The molecule has 1 aliphatic carbocycles. The number of para-hydroxylation sites is 1. The molecule has 29 heavy (non-hydrogen) atoms. The van der Waals surface area contributed by atoms with Crippen LogP contribution in [0.3, 0.4) is 0 Å². The van der Waals surface area contributed by atoms with E-state index in [0.29, 0.717) is 13.1 Å². The van der Waals surface area contributed by atoms with Gasteiger partial charge in [-0.25, -0.2) is 4.98 Å². The normalized spacial score (nSPS) is 13.8. The summed E-state index contributed by atoms with van der Waals surface area (Å²) in [6.07, 6.45) is 4.51. The third-order valence-electron chi connectivity index (χ3n) is 5.17. The van der Waals surface area contributed by atoms with E-state index in [1.54, 1.807) is 7.05 Å². The van der Waals surface area contributed by atoms with Crippen LogP contribution in [0.15, 0.2) is 47.6 Å². The number of benzene rings is 1. The molecule has 1 aromatic heterocycles. The van der Waals surface area contributed by atoms with E-state index in [0.717, 1.165) is 54.3 Å². The Hall–Kier alpha value is -2.76. The molecule has 0 bridgehead atoms. The number of hydrogen-bond donors (Lipinski definition) is 2. The van der Waals surface area contributed by atoms with Crippen molar-refractivity contribution in [3.8, 4) is 5.75 Å². The van der Waals surface area contributed by atoms with E-state index < -0.39 is 0 Å². The summed E-state index contributed by atoms with van der Waals surface area (Å²) in [6.45, 7) is 8.37. The molecule has 2 N–H and O–H groups in total. The minimum atomic E-state index is 0.666. The number of rotatable bonds is 10. The fourth-order valence-electron chi connectivity index (χ4n) is 3.12. The molecule has 0 radical (unpaired) electrons. The smallest absolute Gasteiger partial charge is 0.191 e. The summed E-state index contributed by atoms with van der Waals surface area (Å²) in [5, 5.41) is 6.73. The second-order valence-electron chi connectivity index (χ2n) is 7.34. The largest absolute Gasteiger partial charge is 0.493 e. The van der Waals surface area contributed by atoms with Gasteiger partial charge in [-0.1, -0.05) is 24.3 Å². The molecule has 6 nitrogen and oxygen atoms in total. The van der Waals surface area contributed by atoms with Crippen LogP contribution in [0.4, 0.5) is 5.82 Å². The van der Waals surface area contributed by atoms with Crippen LogP contribution in [0.2, 0.25) is 0 Å². The number of ether oxygens (including phenoxy) is 1. The van der Waals surface area contributed by atoms with E-state index in [2.05, 4.69) is 57.6 Å². The number of nitrogens with one attached hydrogen (secondary N) is 2. The Labute approximate surface area is 174 Å². The minimum absolute atomic E-state index is 0.666. The van der Waals surface area contributed by atoms with Crippen molar-refractivity contribution >= 4 is 11.8 Å². The summed E-state index contributed by atoms with van der Waals surface area (Å²) >= 11 is 0. The molecule has 2 aromatic rings. The Kier molecular flexibility index (Phi) is 7.73. The van der Waals surface area contributed by atoms with Crippen molar-refractivity contribution < 1.29 is 4.74 Å². The Morgan fingerprint density at radius 2 is 1.86 bits per heavy atom. The Morgan fingerprint density at radius 1 is 1.10 bits per heavy atom. The van der Waals surface area contributed by atoms with Crippen LogP contribution in [-0.2, 0) is 13.1 Å². The monoisotopic (exact) mass is 395 g/mol. The van der Waals surface area contributed by atoms with Gasteiger partial charge in [-0.2, -0.15) is 0 Å². The first-order valence-electron chi connectivity index (χ1n) is 10.6. The molecular weight excluding hydrogens is 362 g/mol. The lowest BCUT2D eigenvalue weighted by atomic mass is 10.2. The molecule has 1 aromatic carbocycles. The Morgan fingerprint density at radius 3 is 2.52 bits per heavy atom. The second-order valence-corrected chi connectivity index (χ2v) is 7.34. The number of anilines is 1. The van der Waals surface area contributed by atoms with Crippen LogP contribution in [0.25, 0.3) is 0 Å². The molecule has 156 valence electrons. The zero-order chi connectivity index (χ0) is 20.5. The summed E-state index contributed by atoms with van der Waals surface area (Å²) in [7, 11) is 1.78. The number of aromatic nitrogens is 1. The first-order chi connectivity index (χ1) is 14.2. The summed E-state index contributed by atoms with van der Waals surface area (Å²) in [5.41, 5.74) is 2.26. The van der Waals surface area contributed by atoms with E-state index >= 15 is 0 Å². The predicted molar refractivity (Wildman–Crippen MR) is 119 cm³/mol. The summed E-state index contributed by atoms with van der Waals surface area (Å²) in [4.78, 5) is 11.1. The molecule has 1 saturated carbocycles. The predicted octanol–water partition coefficient (Wildman–Crippen LogP) is 3.58. The van der Waals surface area contributed by atoms with Crippen molar-refractivity contribution in [2.45, 2.75) is 39.8 Å². The summed E-state index contributed by atoms with van der Waals surface area (Å²) < 4.78 is 5.99. The molecule has 0 spiro atoms. The molecule has 1 fully saturated rings. The van der Waals surface area contributed by atoms with Crippen molar-refractivity contribution in [2.75, 3.05) is 31.6 Å². The number of nitrogens with zero attached hydrogens (tertiary/aromatic N) is 3. The molecular formula is C23H33N5O. The van der Waals surface area contributed by atoms with Gasteiger partial charge in [-0.05, 0) is 50.3 Å². The van der Waals surface area contributed by atoms with Gasteiger partial charge in [-0.15, -0.1) is 0 Å². The highest BCUT2D eigenvalue weighted by Crippen LogP contribution is 2.30. The maximum atomic E-state index is 5.99. The first-order valence-corrected chi connectivity index (χ1v) is 10.6. The van der Waals surface area contributed by atoms with Crippen LogP contribution >= 0.6 is 0 Å². The van der Waals surface area contributed by atoms with Gasteiger partial charge >= 0.3 is 0 Å². The second kappa shape index (κ2) is 10.7. The first kappa shape index (κ1) is 21.0. The quantitative estimate of drug-likeness (QED) is 0.476. The highest BCUT2D eigenvalue weighted by Gasteiger charge is 2.22. The summed E-state index contributed by atoms with van der Waals surface area (Å²) in [5.74, 6) is 3.48. The summed E-state index contributed by atoms with van der Waals surface area (Å²) in [6, 6.07) is 12.4. The third-order valence-corrected chi connectivity index (χ3v) is 5.17. The van der Waals surface area contributed by atoms with E-state index in [4.69, 9.17) is 4.74 Å². The van der Waals surface area contributed by atoms with Crippen molar-refractivity contribution in [3.63, 3.8) is 0 Å². The Bertz CT molecular complexity index is 782. The van der Waals surface area contributed by atoms with E-state index in [-0.39, 0.29) is 0 Å². The standard InChI is InChI=1S/C23H33N5O/c1-4-28(5-2)22-13-12-19(14-25-22)15-26-23(24-3)27-16-20-8-6-7-9-21(20)29-17-18-10-11-18/h6-9,12-14,18H,4-5,10-11,15-17H2,1-3H3,(H2,24,26,27). The van der Waals surface area contributed by atoms with E-state index in [1.807, 2.05) is 24.4 Å². The number of guanidine groups is 1. The van der Waals surface area contributed by atoms with Crippen LogP contribution < -0.4 is 20.3 Å². The van der Waals surface area contributed by atoms with Crippen LogP contribution in [0, 0.1) is 5.92 Å². The van der Waals surface area contributed by atoms with Gasteiger partial charge in [0.25, 0.3) is 0 Å². The molecule has 0 atom stereocenters. The van der Waals surface area contributed by atoms with E-state index in [9.17, 15) is 0 Å². The average molecular weight is 396 g/mol. The molecule has 1 heterocycles. The van der Waals surface area contributed by atoms with Crippen molar-refractivity contribution in [1.29, 1.82) is 0 Å². The highest BCUT2D eigenvalue weighted by molar-refractivity contribution is 5.79. The molecule has 0 saturated heterocycles. The van der Waals surface area contributed by atoms with E-state index in [1.165, 1.54) is 12.8 Å². The lowest BCUT2D eigenvalue weighted by molar-refractivity contribution is 0.296. The molecule has 0 amide bonds. The zero-order valence-electron chi connectivity index (χ0n) is 17.8. The lowest BCUT2D eigenvalue weighted by Gasteiger charge is -2.19. The average Bonchev–Trinajstić information content (AvgIpc) is 3.59. The van der Waals surface area contributed by atoms with Gasteiger partial charge < -0.3 is 20.3 Å². The maximum absolute atomic E-state index is 5.99. The molecule has 3 rings (SSSR count). The van der Waals surface area contributed by atoms with Crippen molar-refractivity contribution in [1.82, 2.24) is 15.6 Å². The maximum Gasteiger partial charge on any atom is 0.191 e. The topological polar surface area (TPSA) is 61.8 Å². The fraction of sp³-hybridized carbons (Fsp3) is 0.478. The van der Waals surface area contributed by atoms with Crippen LogP contribution in [-0.4, -0.2) is 37.7 Å². The Balaban J connectivity index is 1.50. The van der Waals surface area contributed by atoms with Crippen LogP contribution in [0.1, 0.15) is 37.8 Å². The molecule has 0 aliphatic heterocycles. The zero-order valence-corrected chi connectivity index (χ0v) is 17.8. The fourth-order valence-corrected chi connectivity index (χ4v) is 3.12. The van der Waals surface area contributed by atoms with Crippen molar-refractivity contribution in [2.24, 2.45) is 10.9 Å². The van der Waals surface area contributed by atoms with Gasteiger partial charge in [0.1, 0.15) is 11.6 Å². The number of hydrogen-bond acceptors (Lipinski definition) is 4. The number of aliphatic imine (C=N–C) groups is 1. The third kappa shape index (κ3) is 6.38. The SMILES string of the molecule is CCN(CC)c1ccc(CNC(=NC)NCc2ccccc2OCC2CC2)cn1. The molecule has 6 heteroatoms. The van der Waals surface area contributed by atoms with Gasteiger partial charge in [0.2, 0.25) is 0 Å². The molecule has 0 unspecified atom stereocenters. The van der Waals surface area contributed by atoms with Gasteiger partial charge in [0.05, 0.1) is 6.61 Å². The van der Waals surface area contributed by atoms with Crippen molar-refractivity contribution in [3.05, 3.63) is 53.7 Å². The van der Waals surface area contributed by atoms with Gasteiger partial charge in [0.15, 0.2) is 5.96 Å². The van der Waals surface area contributed by atoms with Crippen LogP contribution in [0.5, 0.6) is 5.75 Å². The minimum Gasteiger partial charge on any atom is -0.493 e. The van der Waals surface area contributed by atoms with Gasteiger partial charge in [0, 0.05) is 45.0 Å².